The lowest BCUT2D eigenvalue weighted by Gasteiger charge is -2.41. The number of likely N-dealkylation sites (tertiary alicyclic amines) is 1. The number of pyridine rings is 1. The number of likely N-dealkylation sites (N-methyl/N-ethyl adjacent to an activating group) is 1. The maximum atomic E-state index is 9.13. The molecule has 0 radical (unpaired) electrons. The summed E-state index contributed by atoms with van der Waals surface area (Å²) in [5.41, 5.74) is 0.981. The van der Waals surface area contributed by atoms with Gasteiger partial charge in [-0.15, -0.1) is 0 Å². The highest BCUT2D eigenvalue weighted by molar-refractivity contribution is 5.21. The fraction of sp³-hybridized carbons (Fsp3) is 0.455. The maximum Gasteiger partial charge on any atom is 0.125 e. The van der Waals surface area contributed by atoms with E-state index in [1.54, 1.807) is 12.4 Å². The molecule has 4 nitrogen and oxygen atoms in total. The lowest BCUT2D eigenvalue weighted by molar-refractivity contribution is 0.104. The molecule has 0 saturated carbocycles. The third-order valence-electron chi connectivity index (χ3n) is 2.81. The Morgan fingerprint density at radius 3 is 3.00 bits per heavy atom. The summed E-state index contributed by atoms with van der Waals surface area (Å²) in [7, 11) is 1.95. The number of nitrogens with one attached hydrogen (secondary N) is 1. The van der Waals surface area contributed by atoms with Crippen LogP contribution in [0.5, 0.6) is 0 Å². The van der Waals surface area contributed by atoms with E-state index in [2.05, 4.69) is 21.3 Å². The predicted octanol–water partition coefficient (Wildman–Crippen LogP) is 0.550. The summed E-state index contributed by atoms with van der Waals surface area (Å²) in [6, 6.07) is 6.52. The molecule has 0 amide bonds. The van der Waals surface area contributed by atoms with Gasteiger partial charge in [-0.2, -0.15) is 5.26 Å². The summed E-state index contributed by atoms with van der Waals surface area (Å²) < 4.78 is 0. The first-order valence-electron chi connectivity index (χ1n) is 5.06. The lowest BCUT2D eigenvalue weighted by Crippen LogP contribution is -2.57. The summed E-state index contributed by atoms with van der Waals surface area (Å²) in [4.78, 5) is 6.19. The van der Waals surface area contributed by atoms with Gasteiger partial charge in [0.1, 0.15) is 6.04 Å². The molecule has 4 heteroatoms. The van der Waals surface area contributed by atoms with Crippen molar-refractivity contribution in [3.63, 3.8) is 0 Å². The van der Waals surface area contributed by atoms with Crippen LogP contribution in [0.1, 0.15) is 11.6 Å². The quantitative estimate of drug-likeness (QED) is 0.777. The Morgan fingerprint density at radius 2 is 2.47 bits per heavy atom. The van der Waals surface area contributed by atoms with Gasteiger partial charge in [0, 0.05) is 37.1 Å². The maximum absolute atomic E-state index is 9.13. The van der Waals surface area contributed by atoms with Crippen molar-refractivity contribution in [1.82, 2.24) is 15.2 Å². The van der Waals surface area contributed by atoms with Gasteiger partial charge in [0.25, 0.3) is 0 Å². The molecule has 1 N–H and O–H groups in total. The van der Waals surface area contributed by atoms with E-state index in [1.165, 1.54) is 0 Å². The van der Waals surface area contributed by atoms with Crippen LogP contribution in [0.3, 0.4) is 0 Å². The van der Waals surface area contributed by atoms with Gasteiger partial charge in [0.05, 0.1) is 6.07 Å². The molecule has 15 heavy (non-hydrogen) atoms. The molecular weight excluding hydrogens is 188 g/mol. The van der Waals surface area contributed by atoms with Gasteiger partial charge in [-0.25, -0.2) is 0 Å². The third kappa shape index (κ3) is 1.99. The van der Waals surface area contributed by atoms with Gasteiger partial charge in [-0.3, -0.25) is 9.88 Å². The lowest BCUT2D eigenvalue weighted by atomic mass is 10.0. The topological polar surface area (TPSA) is 52.0 Å². The smallest absolute Gasteiger partial charge is 0.125 e. The molecule has 0 aliphatic carbocycles. The highest BCUT2D eigenvalue weighted by Gasteiger charge is 2.32. The molecule has 1 saturated heterocycles. The van der Waals surface area contributed by atoms with Crippen LogP contribution in [0, 0.1) is 11.3 Å². The van der Waals surface area contributed by atoms with Crippen molar-refractivity contribution in [1.29, 1.82) is 5.26 Å². The third-order valence-corrected chi connectivity index (χ3v) is 2.81. The van der Waals surface area contributed by atoms with Crippen LogP contribution >= 0.6 is 0 Å². The summed E-state index contributed by atoms with van der Waals surface area (Å²) in [5, 5.41) is 12.3. The molecule has 78 valence electrons. The van der Waals surface area contributed by atoms with Crippen LogP contribution in [0.2, 0.25) is 0 Å². The number of rotatable bonds is 3. The van der Waals surface area contributed by atoms with Crippen molar-refractivity contribution in [2.75, 3.05) is 20.1 Å². The molecule has 1 unspecified atom stereocenters. The molecular formula is C11H14N4. The fourth-order valence-electron chi connectivity index (χ4n) is 1.81. The summed E-state index contributed by atoms with van der Waals surface area (Å²) >= 11 is 0. The monoisotopic (exact) mass is 202 g/mol. The number of hydrogen-bond donors (Lipinski definition) is 1. The second kappa shape index (κ2) is 4.39. The van der Waals surface area contributed by atoms with E-state index in [1.807, 2.05) is 19.2 Å². The molecule has 1 atom stereocenters. The van der Waals surface area contributed by atoms with E-state index in [-0.39, 0.29) is 6.04 Å². The predicted molar refractivity (Wildman–Crippen MR) is 57.0 cm³/mol. The zero-order valence-corrected chi connectivity index (χ0v) is 8.72. The van der Waals surface area contributed by atoms with E-state index in [9.17, 15) is 0 Å². The largest absolute Gasteiger partial charge is 0.315 e. The van der Waals surface area contributed by atoms with Crippen LogP contribution in [0.25, 0.3) is 0 Å². The second-order valence-corrected chi connectivity index (χ2v) is 3.76. The Hall–Kier alpha value is -1.44. The van der Waals surface area contributed by atoms with E-state index in [0.717, 1.165) is 18.7 Å². The highest BCUT2D eigenvalue weighted by Crippen LogP contribution is 2.24. The molecule has 1 aliphatic heterocycles. The van der Waals surface area contributed by atoms with E-state index >= 15 is 0 Å². The number of hydrogen-bond acceptors (Lipinski definition) is 4. The number of nitrogens with zero attached hydrogens (tertiary/aromatic N) is 3. The summed E-state index contributed by atoms with van der Waals surface area (Å²) in [6.07, 6.45) is 3.49. The van der Waals surface area contributed by atoms with Gasteiger partial charge >= 0.3 is 0 Å². The molecule has 1 aromatic heterocycles. The van der Waals surface area contributed by atoms with Crippen molar-refractivity contribution in [3.8, 4) is 6.07 Å². The standard InChI is InChI=1S/C11H14N4/c1-13-10-7-15(8-10)11(5-12)9-3-2-4-14-6-9/h2-4,6,10-11,13H,7-8H2,1H3. The summed E-state index contributed by atoms with van der Waals surface area (Å²) in [5.74, 6) is 0. The highest BCUT2D eigenvalue weighted by atomic mass is 15.3. The average Bonchev–Trinajstić information content (AvgIpc) is 2.24. The molecule has 0 bridgehead atoms. The first-order chi connectivity index (χ1) is 7.35. The van der Waals surface area contributed by atoms with Gasteiger partial charge in [-0.1, -0.05) is 6.07 Å². The first kappa shape index (κ1) is 10.1. The van der Waals surface area contributed by atoms with Crippen molar-refractivity contribution < 1.29 is 0 Å². The minimum absolute atomic E-state index is 0.150. The van der Waals surface area contributed by atoms with E-state index in [0.29, 0.717) is 6.04 Å². The fourth-order valence-corrected chi connectivity index (χ4v) is 1.81. The van der Waals surface area contributed by atoms with Gasteiger partial charge in [-0.05, 0) is 13.1 Å². The van der Waals surface area contributed by atoms with Gasteiger partial charge < -0.3 is 5.32 Å². The number of nitriles is 1. The first-order valence-corrected chi connectivity index (χ1v) is 5.06. The Labute approximate surface area is 89.5 Å². The molecule has 2 heterocycles. The van der Waals surface area contributed by atoms with Crippen LogP contribution in [-0.4, -0.2) is 36.1 Å². The number of aromatic nitrogens is 1. The molecule has 2 rings (SSSR count). The van der Waals surface area contributed by atoms with Gasteiger partial charge in [0.15, 0.2) is 0 Å². The second-order valence-electron chi connectivity index (χ2n) is 3.76. The van der Waals surface area contributed by atoms with E-state index < -0.39 is 0 Å². The molecule has 0 spiro atoms. The molecule has 0 aromatic carbocycles. The van der Waals surface area contributed by atoms with Crippen LogP contribution in [0.4, 0.5) is 0 Å². The Balaban J connectivity index is 2.04. The Morgan fingerprint density at radius 1 is 1.67 bits per heavy atom. The van der Waals surface area contributed by atoms with Crippen molar-refractivity contribution in [2.45, 2.75) is 12.1 Å². The van der Waals surface area contributed by atoms with E-state index in [4.69, 9.17) is 5.26 Å². The molecule has 1 aromatic rings. The SMILES string of the molecule is CNC1CN(C(C#N)c2cccnc2)C1. The van der Waals surface area contributed by atoms with Crippen LogP contribution in [-0.2, 0) is 0 Å². The van der Waals surface area contributed by atoms with Crippen molar-refractivity contribution in [2.24, 2.45) is 0 Å². The van der Waals surface area contributed by atoms with Gasteiger partial charge in [0.2, 0.25) is 0 Å². The molecule has 1 fully saturated rings. The normalized spacial score (nSPS) is 19.2. The van der Waals surface area contributed by atoms with Crippen molar-refractivity contribution >= 4 is 0 Å². The zero-order chi connectivity index (χ0) is 10.7. The Kier molecular flexibility index (Phi) is 2.95. The minimum atomic E-state index is -0.150. The molecule has 1 aliphatic rings. The summed E-state index contributed by atoms with van der Waals surface area (Å²) in [6.45, 7) is 1.87. The Bertz CT molecular complexity index is 351. The average molecular weight is 202 g/mol. The van der Waals surface area contributed by atoms with Crippen LogP contribution < -0.4 is 5.32 Å². The van der Waals surface area contributed by atoms with Crippen LogP contribution in [0.15, 0.2) is 24.5 Å². The minimum Gasteiger partial charge on any atom is -0.315 e. The van der Waals surface area contributed by atoms with Crippen molar-refractivity contribution in [3.05, 3.63) is 30.1 Å². The zero-order valence-electron chi connectivity index (χ0n) is 8.72.